The minimum Gasteiger partial charge on any atom is -0.385 e. The summed E-state index contributed by atoms with van der Waals surface area (Å²) in [7, 11) is 3.29. The minimum absolute atomic E-state index is 0.235. The van der Waals surface area contributed by atoms with Crippen molar-refractivity contribution in [1.29, 1.82) is 0 Å². The van der Waals surface area contributed by atoms with Gasteiger partial charge in [0.15, 0.2) is 0 Å². The average molecular weight is 356 g/mol. The maximum Gasteiger partial charge on any atom is 0.261 e. The Hall–Kier alpha value is -2.44. The highest BCUT2D eigenvalue weighted by Gasteiger charge is 2.32. The van der Waals surface area contributed by atoms with Crippen LogP contribution in [-0.4, -0.2) is 57.2 Å². The quantitative estimate of drug-likeness (QED) is 0.553. The molecule has 2 aromatic rings. The summed E-state index contributed by atoms with van der Waals surface area (Å²) in [6.07, 6.45) is 1.50. The molecule has 0 aliphatic carbocycles. The molecule has 1 N–H and O–H groups in total. The Bertz CT molecular complexity index is 797. The molecule has 0 saturated heterocycles. The molecule has 0 unspecified atom stereocenters. The second kappa shape index (κ2) is 8.29. The van der Waals surface area contributed by atoms with Crippen LogP contribution in [-0.2, 0) is 9.47 Å². The Kier molecular flexibility index (Phi) is 5.85. The van der Waals surface area contributed by atoms with Gasteiger partial charge >= 0.3 is 0 Å². The molecule has 3 rings (SSSR count). The van der Waals surface area contributed by atoms with Crippen molar-refractivity contribution in [1.82, 2.24) is 4.90 Å². The minimum atomic E-state index is -0.235. The van der Waals surface area contributed by atoms with Crippen LogP contribution < -0.4 is 5.32 Å². The number of methoxy groups -OCH3 is 2. The number of hydrogen-bond acceptors (Lipinski definition) is 5. The number of nitrogens with zero attached hydrogens (tertiary/aromatic N) is 1. The molecule has 0 fully saturated rings. The van der Waals surface area contributed by atoms with Crippen LogP contribution in [0.5, 0.6) is 0 Å². The predicted molar refractivity (Wildman–Crippen MR) is 101 cm³/mol. The van der Waals surface area contributed by atoms with Crippen molar-refractivity contribution >= 4 is 28.3 Å². The molecule has 0 spiro atoms. The monoisotopic (exact) mass is 356 g/mol. The van der Waals surface area contributed by atoms with Gasteiger partial charge in [-0.3, -0.25) is 14.5 Å². The fourth-order valence-corrected chi connectivity index (χ4v) is 3.31. The van der Waals surface area contributed by atoms with Gasteiger partial charge in [0, 0.05) is 68.1 Å². The third kappa shape index (κ3) is 3.43. The van der Waals surface area contributed by atoms with E-state index in [2.05, 4.69) is 5.32 Å². The third-order valence-electron chi connectivity index (χ3n) is 4.56. The number of benzene rings is 2. The van der Waals surface area contributed by atoms with Gasteiger partial charge < -0.3 is 14.8 Å². The number of hydrogen-bond donors (Lipinski definition) is 1. The molecule has 6 nitrogen and oxygen atoms in total. The van der Waals surface area contributed by atoms with Crippen molar-refractivity contribution in [3.8, 4) is 0 Å². The van der Waals surface area contributed by atoms with Gasteiger partial charge in [0.05, 0.1) is 0 Å². The third-order valence-corrected chi connectivity index (χ3v) is 4.56. The molecule has 6 heteroatoms. The van der Waals surface area contributed by atoms with E-state index in [1.54, 1.807) is 20.3 Å². The number of carbonyl (C=O) groups excluding carboxylic acids is 2. The smallest absolute Gasteiger partial charge is 0.261 e. The topological polar surface area (TPSA) is 67.9 Å². The van der Waals surface area contributed by atoms with Crippen LogP contribution >= 0.6 is 0 Å². The van der Waals surface area contributed by atoms with Crippen molar-refractivity contribution in [2.75, 3.05) is 45.8 Å². The number of imide groups is 1. The molecular formula is C20H24N2O4. The van der Waals surface area contributed by atoms with Crippen LogP contribution in [0.3, 0.4) is 0 Å². The number of rotatable bonds is 9. The zero-order valence-electron chi connectivity index (χ0n) is 15.2. The van der Waals surface area contributed by atoms with E-state index in [0.29, 0.717) is 37.3 Å². The molecule has 1 aliphatic heterocycles. The van der Waals surface area contributed by atoms with E-state index in [1.807, 2.05) is 24.3 Å². The van der Waals surface area contributed by atoms with Gasteiger partial charge in [0.1, 0.15) is 0 Å². The fraction of sp³-hybridized carbons (Fsp3) is 0.400. The zero-order valence-corrected chi connectivity index (χ0v) is 15.2. The second-order valence-corrected chi connectivity index (χ2v) is 6.27. The lowest BCUT2D eigenvalue weighted by Gasteiger charge is -2.27. The summed E-state index contributed by atoms with van der Waals surface area (Å²) in [5.74, 6) is -0.471. The maximum atomic E-state index is 12.8. The average Bonchev–Trinajstić information content (AvgIpc) is 2.66. The lowest BCUT2D eigenvalue weighted by Crippen LogP contribution is -2.41. The first-order valence-corrected chi connectivity index (χ1v) is 8.82. The van der Waals surface area contributed by atoms with Crippen molar-refractivity contribution in [3.63, 3.8) is 0 Å². The van der Waals surface area contributed by atoms with Crippen molar-refractivity contribution < 1.29 is 19.1 Å². The van der Waals surface area contributed by atoms with Gasteiger partial charge in [-0.15, -0.1) is 0 Å². The Morgan fingerprint density at radius 3 is 2.35 bits per heavy atom. The molecule has 0 radical (unpaired) electrons. The molecule has 138 valence electrons. The number of amides is 2. The molecule has 0 bridgehead atoms. The van der Waals surface area contributed by atoms with Gasteiger partial charge in [0.25, 0.3) is 11.8 Å². The van der Waals surface area contributed by atoms with Crippen LogP contribution in [0.15, 0.2) is 30.3 Å². The summed E-state index contributed by atoms with van der Waals surface area (Å²) < 4.78 is 10.1. The first kappa shape index (κ1) is 18.4. The molecule has 0 atom stereocenters. The molecule has 0 aromatic heterocycles. The van der Waals surface area contributed by atoms with E-state index in [4.69, 9.17) is 9.47 Å². The highest BCUT2D eigenvalue weighted by molar-refractivity contribution is 6.26. The Morgan fingerprint density at radius 1 is 0.923 bits per heavy atom. The molecule has 1 aliphatic rings. The predicted octanol–water partition coefficient (Wildman–Crippen LogP) is 2.92. The lowest BCUT2D eigenvalue weighted by molar-refractivity contribution is 0.0595. The maximum absolute atomic E-state index is 12.8. The molecule has 26 heavy (non-hydrogen) atoms. The Morgan fingerprint density at radius 2 is 1.62 bits per heavy atom. The molecule has 2 amide bonds. The largest absolute Gasteiger partial charge is 0.385 e. The molecular weight excluding hydrogens is 332 g/mol. The summed E-state index contributed by atoms with van der Waals surface area (Å²) in [6.45, 7) is 2.32. The lowest BCUT2D eigenvalue weighted by atomic mass is 9.93. The number of anilines is 1. The van der Waals surface area contributed by atoms with Gasteiger partial charge in [-0.05, 0) is 31.0 Å². The van der Waals surface area contributed by atoms with E-state index in [1.165, 1.54) is 4.90 Å². The van der Waals surface area contributed by atoms with E-state index in [9.17, 15) is 9.59 Å². The van der Waals surface area contributed by atoms with Crippen LogP contribution in [0.1, 0.15) is 33.6 Å². The van der Waals surface area contributed by atoms with E-state index in [-0.39, 0.29) is 11.8 Å². The van der Waals surface area contributed by atoms with Gasteiger partial charge in [-0.2, -0.15) is 0 Å². The highest BCUT2D eigenvalue weighted by Crippen LogP contribution is 2.34. The fourth-order valence-electron chi connectivity index (χ4n) is 3.31. The first-order chi connectivity index (χ1) is 12.7. The van der Waals surface area contributed by atoms with Crippen molar-refractivity contribution in [3.05, 3.63) is 41.5 Å². The highest BCUT2D eigenvalue weighted by atomic mass is 16.5. The van der Waals surface area contributed by atoms with E-state index < -0.39 is 0 Å². The van der Waals surface area contributed by atoms with Gasteiger partial charge in [-0.25, -0.2) is 0 Å². The number of nitrogens with one attached hydrogen (secondary N) is 1. The normalized spacial score (nSPS) is 13.5. The summed E-state index contributed by atoms with van der Waals surface area (Å²) in [6, 6.07) is 9.32. The summed E-state index contributed by atoms with van der Waals surface area (Å²) >= 11 is 0. The summed E-state index contributed by atoms with van der Waals surface area (Å²) in [5.41, 5.74) is 2.08. The second-order valence-electron chi connectivity index (χ2n) is 6.27. The van der Waals surface area contributed by atoms with Crippen molar-refractivity contribution in [2.24, 2.45) is 0 Å². The van der Waals surface area contributed by atoms with E-state index >= 15 is 0 Å². The summed E-state index contributed by atoms with van der Waals surface area (Å²) in [5, 5.41) is 5.01. The van der Waals surface area contributed by atoms with Crippen LogP contribution in [0.2, 0.25) is 0 Å². The van der Waals surface area contributed by atoms with Gasteiger partial charge in [-0.1, -0.05) is 12.1 Å². The zero-order chi connectivity index (χ0) is 18.5. The molecule has 2 aromatic carbocycles. The van der Waals surface area contributed by atoms with E-state index in [0.717, 1.165) is 29.4 Å². The molecule has 0 saturated carbocycles. The molecule has 1 heterocycles. The van der Waals surface area contributed by atoms with Crippen LogP contribution in [0.4, 0.5) is 5.69 Å². The van der Waals surface area contributed by atoms with Crippen LogP contribution in [0.25, 0.3) is 10.8 Å². The van der Waals surface area contributed by atoms with Crippen LogP contribution in [0, 0.1) is 0 Å². The Labute approximate surface area is 153 Å². The SMILES string of the molecule is COCCCNc1ccc2c3c(cccc13)C(=O)N(CCCOC)C2=O. The standard InChI is InChI=1S/C20H24N2O4/c1-25-12-4-10-21-17-9-8-16-18-14(17)6-3-7-15(18)19(23)22(20(16)24)11-5-13-26-2/h3,6-9,21H,4-5,10-13H2,1-2H3. The van der Waals surface area contributed by atoms with Crippen molar-refractivity contribution in [2.45, 2.75) is 12.8 Å². The first-order valence-electron chi connectivity index (χ1n) is 8.82. The van der Waals surface area contributed by atoms with Gasteiger partial charge in [0.2, 0.25) is 0 Å². The number of carbonyl (C=O) groups is 2. The Balaban J connectivity index is 1.94. The number of ether oxygens (including phenoxy) is 2. The summed E-state index contributed by atoms with van der Waals surface area (Å²) in [4.78, 5) is 27.0.